The highest BCUT2D eigenvalue weighted by atomic mass is 32.2. The summed E-state index contributed by atoms with van der Waals surface area (Å²) in [5, 5.41) is 19.4. The van der Waals surface area contributed by atoms with Gasteiger partial charge in [0.05, 0.1) is 16.3 Å². The number of sulfonamides is 1. The van der Waals surface area contributed by atoms with E-state index in [0.717, 1.165) is 0 Å². The molecule has 30 heavy (non-hydrogen) atoms. The molecule has 0 fully saturated rings. The minimum Gasteiger partial charge on any atom is -0.231 e. The molecule has 4 aromatic rings. The normalized spacial score (nSPS) is 11.2. The second kappa shape index (κ2) is 7.55. The smallest absolute Gasteiger partial charge is 0.231 e. The maximum atomic E-state index is 13.5. The standard InChI is InChI=1S/C22H15FN4O2S/c23-17-10-6-15(7-11-17)21-20(14-24)26-27(18-4-2-1-3-5-18)22(21)16-8-12-19(13-9-16)30(25,28)29/h1-13H,(H2,25,28,29). The predicted octanol–water partition coefficient (Wildman–Crippen LogP) is 3.86. The van der Waals surface area contributed by atoms with E-state index in [9.17, 15) is 18.1 Å². The highest BCUT2D eigenvalue weighted by molar-refractivity contribution is 7.89. The van der Waals surface area contributed by atoms with Gasteiger partial charge in [-0.05, 0) is 42.0 Å². The first-order chi connectivity index (χ1) is 14.4. The van der Waals surface area contributed by atoms with Crippen LogP contribution in [0.25, 0.3) is 28.1 Å². The number of rotatable bonds is 4. The SMILES string of the molecule is N#Cc1nn(-c2ccccc2)c(-c2ccc(S(N)(=O)=O)cc2)c1-c1ccc(F)cc1. The van der Waals surface area contributed by atoms with Crippen molar-refractivity contribution in [2.75, 3.05) is 0 Å². The molecule has 0 radical (unpaired) electrons. The third-order valence-corrected chi connectivity index (χ3v) is 5.51. The Labute approximate surface area is 172 Å². The summed E-state index contributed by atoms with van der Waals surface area (Å²) in [6, 6.07) is 23.1. The molecule has 0 saturated carbocycles. The van der Waals surface area contributed by atoms with Crippen molar-refractivity contribution in [1.29, 1.82) is 5.26 Å². The quantitative estimate of drug-likeness (QED) is 0.544. The Morgan fingerprint density at radius 3 is 2.07 bits per heavy atom. The van der Waals surface area contributed by atoms with Crippen molar-refractivity contribution >= 4 is 10.0 Å². The zero-order chi connectivity index (χ0) is 21.3. The monoisotopic (exact) mass is 418 g/mol. The number of nitriles is 1. The highest BCUT2D eigenvalue weighted by Crippen LogP contribution is 2.37. The molecule has 148 valence electrons. The Morgan fingerprint density at radius 1 is 0.900 bits per heavy atom. The molecule has 3 aromatic carbocycles. The van der Waals surface area contributed by atoms with Gasteiger partial charge < -0.3 is 0 Å². The van der Waals surface area contributed by atoms with E-state index >= 15 is 0 Å². The second-order valence-corrected chi connectivity index (χ2v) is 8.07. The minimum absolute atomic E-state index is 0.0270. The Balaban J connectivity index is 2.02. The molecule has 0 spiro atoms. The Morgan fingerprint density at radius 2 is 1.50 bits per heavy atom. The molecule has 0 aliphatic heterocycles. The van der Waals surface area contributed by atoms with E-state index in [1.54, 1.807) is 28.9 Å². The summed E-state index contributed by atoms with van der Waals surface area (Å²) in [7, 11) is -3.85. The van der Waals surface area contributed by atoms with Gasteiger partial charge in [0.1, 0.15) is 11.9 Å². The van der Waals surface area contributed by atoms with E-state index in [-0.39, 0.29) is 10.6 Å². The van der Waals surface area contributed by atoms with Gasteiger partial charge in [0.15, 0.2) is 5.69 Å². The van der Waals surface area contributed by atoms with Crippen LogP contribution in [0.1, 0.15) is 5.69 Å². The first-order valence-electron chi connectivity index (χ1n) is 8.86. The van der Waals surface area contributed by atoms with E-state index in [1.807, 2.05) is 30.3 Å². The fourth-order valence-electron chi connectivity index (χ4n) is 3.21. The Kier molecular flexibility index (Phi) is 4.91. The molecule has 0 atom stereocenters. The number of primary sulfonamides is 1. The number of benzene rings is 3. The summed E-state index contributed by atoms with van der Waals surface area (Å²) in [4.78, 5) is -0.0270. The van der Waals surface area contributed by atoms with Crippen molar-refractivity contribution in [3.05, 3.63) is 90.4 Å². The largest absolute Gasteiger partial charge is 0.238 e. The topological polar surface area (TPSA) is 102 Å². The Hall–Kier alpha value is -3.80. The zero-order valence-electron chi connectivity index (χ0n) is 15.5. The van der Waals surface area contributed by atoms with E-state index in [0.29, 0.717) is 28.1 Å². The first-order valence-corrected chi connectivity index (χ1v) is 10.4. The maximum absolute atomic E-state index is 13.5. The van der Waals surface area contributed by atoms with Gasteiger partial charge in [-0.25, -0.2) is 22.6 Å². The molecule has 6 nitrogen and oxygen atoms in total. The molecular formula is C22H15FN4O2S. The number of nitrogens with two attached hydrogens (primary N) is 1. The third kappa shape index (κ3) is 3.59. The van der Waals surface area contributed by atoms with Gasteiger partial charge >= 0.3 is 0 Å². The van der Waals surface area contributed by atoms with Crippen LogP contribution in [-0.2, 0) is 10.0 Å². The van der Waals surface area contributed by atoms with Crippen LogP contribution in [0.2, 0.25) is 0 Å². The summed E-state index contributed by atoms with van der Waals surface area (Å²) in [6.45, 7) is 0. The summed E-state index contributed by atoms with van der Waals surface area (Å²) in [6.07, 6.45) is 0. The minimum atomic E-state index is -3.85. The van der Waals surface area contributed by atoms with Gasteiger partial charge in [-0.1, -0.05) is 42.5 Å². The van der Waals surface area contributed by atoms with Crippen LogP contribution in [0, 0.1) is 17.1 Å². The summed E-state index contributed by atoms with van der Waals surface area (Å²) >= 11 is 0. The van der Waals surface area contributed by atoms with Crippen molar-refractivity contribution in [2.45, 2.75) is 4.90 Å². The molecular weight excluding hydrogens is 403 g/mol. The van der Waals surface area contributed by atoms with Crippen LogP contribution in [0.3, 0.4) is 0 Å². The van der Waals surface area contributed by atoms with Crippen molar-refractivity contribution in [2.24, 2.45) is 5.14 Å². The lowest BCUT2D eigenvalue weighted by molar-refractivity contribution is 0.598. The summed E-state index contributed by atoms with van der Waals surface area (Å²) < 4.78 is 38.3. The Bertz CT molecular complexity index is 1360. The van der Waals surface area contributed by atoms with Crippen molar-refractivity contribution in [3.8, 4) is 34.1 Å². The molecule has 8 heteroatoms. The number of para-hydroxylation sites is 1. The predicted molar refractivity (Wildman–Crippen MR) is 110 cm³/mol. The van der Waals surface area contributed by atoms with Crippen molar-refractivity contribution in [1.82, 2.24) is 9.78 Å². The molecule has 0 bridgehead atoms. The second-order valence-electron chi connectivity index (χ2n) is 6.51. The summed E-state index contributed by atoms with van der Waals surface area (Å²) in [5.74, 6) is -0.397. The number of hydrogen-bond acceptors (Lipinski definition) is 4. The number of nitrogens with zero attached hydrogens (tertiary/aromatic N) is 3. The zero-order valence-corrected chi connectivity index (χ0v) is 16.3. The fraction of sp³-hybridized carbons (Fsp3) is 0. The average molecular weight is 418 g/mol. The van der Waals surface area contributed by atoms with Gasteiger partial charge in [-0.15, -0.1) is 0 Å². The van der Waals surface area contributed by atoms with E-state index in [4.69, 9.17) is 5.14 Å². The van der Waals surface area contributed by atoms with Crippen LogP contribution in [-0.4, -0.2) is 18.2 Å². The lowest BCUT2D eigenvalue weighted by Gasteiger charge is -2.11. The number of halogens is 1. The van der Waals surface area contributed by atoms with Gasteiger partial charge in [-0.2, -0.15) is 10.4 Å². The number of hydrogen-bond donors (Lipinski definition) is 1. The number of aromatic nitrogens is 2. The van der Waals surface area contributed by atoms with Crippen LogP contribution < -0.4 is 5.14 Å². The molecule has 0 unspecified atom stereocenters. The van der Waals surface area contributed by atoms with E-state index in [2.05, 4.69) is 11.2 Å². The van der Waals surface area contributed by atoms with E-state index < -0.39 is 15.8 Å². The van der Waals surface area contributed by atoms with Crippen LogP contribution in [0.4, 0.5) is 4.39 Å². The molecule has 0 aliphatic rings. The molecule has 2 N–H and O–H groups in total. The lowest BCUT2D eigenvalue weighted by atomic mass is 9.99. The molecule has 0 aliphatic carbocycles. The van der Waals surface area contributed by atoms with Crippen LogP contribution in [0.15, 0.2) is 83.8 Å². The first kappa shape index (κ1) is 19.5. The fourth-order valence-corrected chi connectivity index (χ4v) is 3.73. The van der Waals surface area contributed by atoms with E-state index in [1.165, 1.54) is 24.3 Å². The lowest BCUT2D eigenvalue weighted by Crippen LogP contribution is -2.11. The van der Waals surface area contributed by atoms with Gasteiger partial charge in [0.25, 0.3) is 0 Å². The van der Waals surface area contributed by atoms with Gasteiger partial charge in [-0.3, -0.25) is 0 Å². The van der Waals surface area contributed by atoms with Crippen LogP contribution >= 0.6 is 0 Å². The molecule has 1 heterocycles. The van der Waals surface area contributed by atoms with Crippen LogP contribution in [0.5, 0.6) is 0 Å². The maximum Gasteiger partial charge on any atom is 0.238 e. The average Bonchev–Trinajstić information content (AvgIpc) is 3.14. The van der Waals surface area contributed by atoms with Gasteiger partial charge in [0, 0.05) is 11.1 Å². The van der Waals surface area contributed by atoms with Crippen molar-refractivity contribution < 1.29 is 12.8 Å². The van der Waals surface area contributed by atoms with Gasteiger partial charge in [0.2, 0.25) is 10.0 Å². The third-order valence-electron chi connectivity index (χ3n) is 4.58. The molecule has 0 amide bonds. The summed E-state index contributed by atoms with van der Waals surface area (Å²) in [5.41, 5.74) is 3.21. The molecule has 1 aromatic heterocycles. The molecule has 0 saturated heterocycles. The highest BCUT2D eigenvalue weighted by Gasteiger charge is 2.22. The molecule has 4 rings (SSSR count). The van der Waals surface area contributed by atoms with Crippen molar-refractivity contribution in [3.63, 3.8) is 0 Å².